The van der Waals surface area contributed by atoms with Crippen molar-refractivity contribution >= 4 is 55.7 Å². The van der Waals surface area contributed by atoms with Gasteiger partial charge in [-0.1, -0.05) is 35.6 Å². The summed E-state index contributed by atoms with van der Waals surface area (Å²) in [5, 5.41) is 7.45. The second kappa shape index (κ2) is 8.54. The molecule has 0 aliphatic carbocycles. The maximum atomic E-state index is 12.6. The number of para-hydroxylation sites is 2. The first-order valence-corrected chi connectivity index (χ1v) is 10.4. The van der Waals surface area contributed by atoms with Crippen molar-refractivity contribution < 1.29 is 4.79 Å². The Morgan fingerprint density at radius 1 is 1.14 bits per heavy atom. The number of hydrogen-bond acceptors (Lipinski definition) is 6. The second-order valence-corrected chi connectivity index (χ2v) is 7.86. The van der Waals surface area contributed by atoms with Gasteiger partial charge in [-0.2, -0.15) is 0 Å². The van der Waals surface area contributed by atoms with Gasteiger partial charge in [0.2, 0.25) is 5.91 Å². The Hall–Kier alpha value is -3.04. The van der Waals surface area contributed by atoms with Gasteiger partial charge in [0.25, 0.3) is 5.56 Å². The molecule has 0 atom stereocenters. The molecule has 0 saturated carbocycles. The van der Waals surface area contributed by atoms with Crippen LogP contribution in [0.15, 0.2) is 53.3 Å². The number of aromatic amines is 1. The highest BCUT2D eigenvalue weighted by molar-refractivity contribution is 7.71. The Balaban J connectivity index is 1.29. The minimum absolute atomic E-state index is 0.134. The van der Waals surface area contributed by atoms with Gasteiger partial charge in [0.15, 0.2) is 9.90 Å². The van der Waals surface area contributed by atoms with Crippen LogP contribution in [-0.2, 0) is 11.3 Å². The predicted octanol–water partition coefficient (Wildman–Crippen LogP) is 3.29. The molecule has 1 amide bonds. The normalized spacial score (nSPS) is 11.0. The topological polar surface area (TPSA) is 91.8 Å². The third-order valence-corrected chi connectivity index (χ3v) is 5.79. The number of fused-ring (bicyclic) bond motifs is 2. The maximum Gasteiger partial charge on any atom is 0.262 e. The molecule has 9 heteroatoms. The van der Waals surface area contributed by atoms with E-state index in [-0.39, 0.29) is 24.4 Å². The average molecular weight is 426 g/mol. The number of carbonyl (C=O) groups excluding carboxylic acids is 1. The molecule has 2 heterocycles. The zero-order chi connectivity index (χ0) is 20.2. The Morgan fingerprint density at radius 2 is 1.93 bits per heavy atom. The molecule has 4 rings (SSSR count). The Labute approximate surface area is 175 Å². The molecule has 2 aromatic heterocycles. The van der Waals surface area contributed by atoms with Gasteiger partial charge in [0.05, 0.1) is 21.1 Å². The van der Waals surface area contributed by atoms with Gasteiger partial charge in [-0.15, -0.1) is 0 Å². The van der Waals surface area contributed by atoms with Crippen molar-refractivity contribution in [2.75, 3.05) is 18.4 Å². The smallest absolute Gasteiger partial charge is 0.262 e. The minimum Gasteiger partial charge on any atom is -0.360 e. The van der Waals surface area contributed by atoms with Gasteiger partial charge < -0.3 is 15.6 Å². The van der Waals surface area contributed by atoms with Crippen LogP contribution in [-0.4, -0.2) is 33.5 Å². The molecular weight excluding hydrogens is 406 g/mol. The van der Waals surface area contributed by atoms with E-state index in [1.165, 1.54) is 4.57 Å². The zero-order valence-electron chi connectivity index (χ0n) is 15.5. The summed E-state index contributed by atoms with van der Waals surface area (Å²) < 4.78 is 2.87. The molecular formula is C20H19N5O2S2. The van der Waals surface area contributed by atoms with Crippen LogP contribution in [0.5, 0.6) is 0 Å². The van der Waals surface area contributed by atoms with Crippen LogP contribution in [0.1, 0.15) is 6.42 Å². The lowest BCUT2D eigenvalue weighted by atomic mass is 10.2. The SMILES string of the molecule is O=C(CCn1c(=S)[nH]c2ccccc2c1=O)NCCNc1nc2ccccc2s1. The Bertz CT molecular complexity index is 1260. The summed E-state index contributed by atoms with van der Waals surface area (Å²) in [6.45, 7) is 1.27. The van der Waals surface area contributed by atoms with E-state index in [0.29, 0.717) is 28.8 Å². The third kappa shape index (κ3) is 4.36. The molecule has 0 saturated heterocycles. The van der Waals surface area contributed by atoms with Gasteiger partial charge in [-0.25, -0.2) is 4.98 Å². The quantitative estimate of drug-likeness (QED) is 0.312. The van der Waals surface area contributed by atoms with Crippen molar-refractivity contribution in [2.45, 2.75) is 13.0 Å². The van der Waals surface area contributed by atoms with E-state index in [2.05, 4.69) is 20.6 Å². The summed E-state index contributed by atoms with van der Waals surface area (Å²) in [5.74, 6) is -0.134. The van der Waals surface area contributed by atoms with E-state index in [9.17, 15) is 9.59 Å². The van der Waals surface area contributed by atoms with Crippen LogP contribution in [0.4, 0.5) is 5.13 Å². The number of aromatic nitrogens is 3. The first-order valence-electron chi connectivity index (χ1n) is 9.20. The molecule has 0 aliphatic heterocycles. The number of nitrogens with one attached hydrogen (secondary N) is 3. The van der Waals surface area contributed by atoms with Crippen LogP contribution >= 0.6 is 23.6 Å². The van der Waals surface area contributed by atoms with Crippen LogP contribution in [0.25, 0.3) is 21.1 Å². The fourth-order valence-corrected chi connectivity index (χ4v) is 4.20. The van der Waals surface area contributed by atoms with E-state index in [4.69, 9.17) is 12.2 Å². The number of carbonyl (C=O) groups is 1. The van der Waals surface area contributed by atoms with Gasteiger partial charge >= 0.3 is 0 Å². The lowest BCUT2D eigenvalue weighted by Crippen LogP contribution is -2.31. The fraction of sp³-hybridized carbons (Fsp3) is 0.200. The number of H-pyrrole nitrogens is 1. The Morgan fingerprint density at radius 3 is 2.79 bits per heavy atom. The number of amides is 1. The highest BCUT2D eigenvalue weighted by atomic mass is 32.1. The van der Waals surface area contributed by atoms with E-state index in [1.807, 2.05) is 36.4 Å². The highest BCUT2D eigenvalue weighted by Gasteiger charge is 2.08. The number of anilines is 1. The first kappa shape index (κ1) is 19.3. The summed E-state index contributed by atoms with van der Waals surface area (Å²) >= 11 is 6.85. The van der Waals surface area contributed by atoms with Crippen LogP contribution in [0.3, 0.4) is 0 Å². The largest absolute Gasteiger partial charge is 0.360 e. The number of hydrogen-bond donors (Lipinski definition) is 3. The fourth-order valence-electron chi connectivity index (χ4n) is 3.02. The maximum absolute atomic E-state index is 12.6. The van der Waals surface area contributed by atoms with E-state index in [0.717, 1.165) is 15.3 Å². The molecule has 4 aromatic rings. The number of nitrogens with zero attached hydrogens (tertiary/aromatic N) is 2. The summed E-state index contributed by atoms with van der Waals surface area (Å²) in [6, 6.07) is 15.1. The second-order valence-electron chi connectivity index (χ2n) is 6.45. The zero-order valence-corrected chi connectivity index (χ0v) is 17.1. The molecule has 0 aliphatic rings. The van der Waals surface area contributed by atoms with E-state index < -0.39 is 0 Å². The summed E-state index contributed by atoms with van der Waals surface area (Å²) in [4.78, 5) is 32.3. The van der Waals surface area contributed by atoms with Crippen LogP contribution in [0, 0.1) is 4.77 Å². The molecule has 29 heavy (non-hydrogen) atoms. The van der Waals surface area contributed by atoms with Crippen molar-refractivity contribution in [3.8, 4) is 0 Å². The van der Waals surface area contributed by atoms with Crippen molar-refractivity contribution in [2.24, 2.45) is 0 Å². The van der Waals surface area contributed by atoms with E-state index >= 15 is 0 Å². The van der Waals surface area contributed by atoms with Crippen LogP contribution < -0.4 is 16.2 Å². The van der Waals surface area contributed by atoms with Gasteiger partial charge in [-0.3, -0.25) is 14.2 Å². The molecule has 0 bridgehead atoms. The standard InChI is InChI=1S/C20H19N5O2S2/c26-17(21-10-11-22-19-23-15-7-3-4-8-16(15)29-19)9-12-25-18(27)13-5-1-2-6-14(13)24-20(25)28/h1-8H,9-12H2,(H,21,26)(H,22,23)(H,24,28). The van der Waals surface area contributed by atoms with Gasteiger partial charge in [0.1, 0.15) is 0 Å². The van der Waals surface area contributed by atoms with Crippen LogP contribution in [0.2, 0.25) is 0 Å². The minimum atomic E-state index is -0.186. The molecule has 148 valence electrons. The number of benzene rings is 2. The molecule has 0 unspecified atom stereocenters. The molecule has 7 nitrogen and oxygen atoms in total. The predicted molar refractivity (Wildman–Crippen MR) is 119 cm³/mol. The summed E-state index contributed by atoms with van der Waals surface area (Å²) in [7, 11) is 0. The first-order chi connectivity index (χ1) is 14.1. The number of thiazole rings is 1. The summed E-state index contributed by atoms with van der Waals surface area (Å²) in [5.41, 5.74) is 1.47. The molecule has 0 fully saturated rings. The molecule has 3 N–H and O–H groups in total. The summed E-state index contributed by atoms with van der Waals surface area (Å²) in [6.07, 6.45) is 0.177. The van der Waals surface area contributed by atoms with Gasteiger partial charge in [0, 0.05) is 26.1 Å². The van der Waals surface area contributed by atoms with Crippen molar-refractivity contribution in [3.63, 3.8) is 0 Å². The lowest BCUT2D eigenvalue weighted by Gasteiger charge is -2.09. The molecule has 0 spiro atoms. The Kier molecular flexibility index (Phi) is 5.68. The monoisotopic (exact) mass is 425 g/mol. The average Bonchev–Trinajstić information content (AvgIpc) is 3.14. The van der Waals surface area contributed by atoms with E-state index in [1.54, 1.807) is 23.5 Å². The lowest BCUT2D eigenvalue weighted by molar-refractivity contribution is -0.121. The molecule has 2 aromatic carbocycles. The molecule has 0 radical (unpaired) electrons. The number of rotatable bonds is 7. The van der Waals surface area contributed by atoms with Gasteiger partial charge in [-0.05, 0) is 36.5 Å². The third-order valence-electron chi connectivity index (χ3n) is 4.47. The highest BCUT2D eigenvalue weighted by Crippen LogP contribution is 2.24. The van der Waals surface area contributed by atoms with Crippen molar-refractivity contribution in [3.05, 3.63) is 63.7 Å². The van der Waals surface area contributed by atoms with Crippen molar-refractivity contribution in [1.29, 1.82) is 0 Å². The van der Waals surface area contributed by atoms with Crippen molar-refractivity contribution in [1.82, 2.24) is 19.9 Å².